The van der Waals surface area contributed by atoms with Crippen molar-refractivity contribution in [3.63, 3.8) is 0 Å². The first-order chi connectivity index (χ1) is 11.2. The van der Waals surface area contributed by atoms with Crippen LogP contribution in [0.15, 0.2) is 24.4 Å². The van der Waals surface area contributed by atoms with Crippen molar-refractivity contribution < 1.29 is 9.47 Å². The maximum atomic E-state index is 6.08. The number of nitrogens with one attached hydrogen (secondary N) is 2. The van der Waals surface area contributed by atoms with E-state index in [0.717, 1.165) is 12.1 Å². The van der Waals surface area contributed by atoms with Gasteiger partial charge in [-0.3, -0.25) is 0 Å². The molecule has 8 heteroatoms. The van der Waals surface area contributed by atoms with E-state index in [2.05, 4.69) is 20.6 Å². The number of anilines is 3. The highest BCUT2D eigenvalue weighted by molar-refractivity contribution is 6.32. The third kappa shape index (κ3) is 4.61. The van der Waals surface area contributed by atoms with Gasteiger partial charge in [-0.1, -0.05) is 11.6 Å². The van der Waals surface area contributed by atoms with Crippen LogP contribution in [0.5, 0.6) is 11.5 Å². The number of ether oxygens (including phenoxy) is 2. The smallest absolute Gasteiger partial charge is 0.229 e. The summed E-state index contributed by atoms with van der Waals surface area (Å²) in [5.41, 5.74) is 6.25. The van der Waals surface area contributed by atoms with Gasteiger partial charge in [0.15, 0.2) is 11.5 Å². The quantitative estimate of drug-likeness (QED) is 0.637. The van der Waals surface area contributed by atoms with E-state index in [9.17, 15) is 0 Å². The molecular weight excluding hydrogens is 318 g/mol. The minimum atomic E-state index is 0.428. The van der Waals surface area contributed by atoms with Gasteiger partial charge in [0.2, 0.25) is 5.95 Å². The van der Waals surface area contributed by atoms with Crippen LogP contribution in [0.25, 0.3) is 0 Å². The second-order valence-corrected chi connectivity index (χ2v) is 5.06. The van der Waals surface area contributed by atoms with Crippen molar-refractivity contribution in [3.05, 3.63) is 29.4 Å². The van der Waals surface area contributed by atoms with Gasteiger partial charge in [0.05, 0.1) is 20.4 Å². The van der Waals surface area contributed by atoms with Gasteiger partial charge in [0, 0.05) is 18.3 Å². The predicted molar refractivity (Wildman–Crippen MR) is 92.0 cm³/mol. The maximum absolute atomic E-state index is 6.08. The zero-order chi connectivity index (χ0) is 16.7. The zero-order valence-corrected chi connectivity index (χ0v) is 13.9. The summed E-state index contributed by atoms with van der Waals surface area (Å²) < 4.78 is 10.5. The topological polar surface area (TPSA) is 94.3 Å². The number of benzene rings is 1. The van der Waals surface area contributed by atoms with Crippen LogP contribution in [-0.4, -0.2) is 37.3 Å². The normalized spacial score (nSPS) is 10.3. The summed E-state index contributed by atoms with van der Waals surface area (Å²) in [5.74, 6) is 2.27. The fourth-order valence-corrected chi connectivity index (χ4v) is 2.06. The Kier molecular flexibility index (Phi) is 6.25. The Morgan fingerprint density at radius 3 is 2.70 bits per heavy atom. The Balaban J connectivity index is 2.15. The molecule has 0 aliphatic carbocycles. The average molecular weight is 338 g/mol. The molecule has 0 aliphatic rings. The highest BCUT2D eigenvalue weighted by Gasteiger charge is 2.08. The number of hydrogen-bond donors (Lipinski definition) is 3. The molecule has 0 atom stereocenters. The molecule has 0 radical (unpaired) electrons. The molecule has 0 saturated carbocycles. The van der Waals surface area contributed by atoms with E-state index in [0.29, 0.717) is 41.4 Å². The van der Waals surface area contributed by atoms with Gasteiger partial charge >= 0.3 is 0 Å². The molecule has 124 valence electrons. The molecule has 1 aromatic heterocycles. The molecule has 0 aliphatic heterocycles. The van der Waals surface area contributed by atoms with Crippen molar-refractivity contribution in [2.24, 2.45) is 5.73 Å². The molecule has 1 heterocycles. The van der Waals surface area contributed by atoms with Gasteiger partial charge in [-0.05, 0) is 25.1 Å². The molecule has 1 aromatic carbocycles. The van der Waals surface area contributed by atoms with Crippen LogP contribution in [-0.2, 0) is 0 Å². The molecule has 7 nitrogen and oxygen atoms in total. The summed E-state index contributed by atoms with van der Waals surface area (Å²) in [7, 11) is 3.17. The third-order valence-corrected chi connectivity index (χ3v) is 3.33. The lowest BCUT2D eigenvalue weighted by atomic mass is 10.3. The molecular formula is C15H20ClN5O2. The van der Waals surface area contributed by atoms with Crippen LogP contribution >= 0.6 is 11.6 Å². The molecule has 0 unspecified atom stereocenters. The number of hydrogen-bond acceptors (Lipinski definition) is 7. The molecule has 2 rings (SSSR count). The second kappa shape index (κ2) is 8.40. The molecule has 2 aromatic rings. The minimum Gasteiger partial charge on any atom is -0.493 e. The number of halogens is 1. The number of nitrogens with two attached hydrogens (primary N) is 1. The van der Waals surface area contributed by atoms with Crippen LogP contribution in [0.2, 0.25) is 5.02 Å². The fraction of sp³-hybridized carbons (Fsp3) is 0.333. The van der Waals surface area contributed by atoms with Crippen LogP contribution < -0.4 is 25.8 Å². The summed E-state index contributed by atoms with van der Waals surface area (Å²) in [5, 5.41) is 6.70. The Hall–Kier alpha value is -2.25. The largest absolute Gasteiger partial charge is 0.493 e. The first kappa shape index (κ1) is 17.1. The van der Waals surface area contributed by atoms with Gasteiger partial charge in [-0.2, -0.15) is 4.98 Å². The van der Waals surface area contributed by atoms with E-state index in [1.54, 1.807) is 32.5 Å². The van der Waals surface area contributed by atoms with Crippen molar-refractivity contribution in [1.82, 2.24) is 9.97 Å². The molecule has 4 N–H and O–H groups in total. The lowest BCUT2D eigenvalue weighted by molar-refractivity contribution is 0.355. The van der Waals surface area contributed by atoms with Crippen molar-refractivity contribution >= 4 is 29.1 Å². The molecule has 0 saturated heterocycles. The van der Waals surface area contributed by atoms with Crippen molar-refractivity contribution in [3.8, 4) is 11.5 Å². The third-order valence-electron chi connectivity index (χ3n) is 3.06. The van der Waals surface area contributed by atoms with Gasteiger partial charge in [-0.25, -0.2) is 4.98 Å². The van der Waals surface area contributed by atoms with E-state index in [1.807, 2.05) is 6.07 Å². The molecule has 0 amide bonds. The molecule has 0 spiro atoms. The van der Waals surface area contributed by atoms with Crippen LogP contribution in [0.4, 0.5) is 17.5 Å². The summed E-state index contributed by atoms with van der Waals surface area (Å²) in [6.07, 6.45) is 2.38. The first-order valence-corrected chi connectivity index (χ1v) is 7.51. The number of methoxy groups -OCH3 is 2. The SMILES string of the molecule is COc1ccc(Nc2ncc(Cl)c(NCCCN)n2)cc1OC. The highest BCUT2D eigenvalue weighted by Crippen LogP contribution is 2.31. The lowest BCUT2D eigenvalue weighted by Gasteiger charge is -2.12. The van der Waals surface area contributed by atoms with Crippen LogP contribution in [0.3, 0.4) is 0 Å². The van der Waals surface area contributed by atoms with Crippen LogP contribution in [0, 0.1) is 0 Å². The Bertz CT molecular complexity index is 654. The van der Waals surface area contributed by atoms with Crippen molar-refractivity contribution in [1.29, 1.82) is 0 Å². The van der Waals surface area contributed by atoms with Gasteiger partial charge < -0.3 is 25.8 Å². The standard InChI is InChI=1S/C15H20ClN5O2/c1-22-12-5-4-10(8-13(12)23-2)20-15-19-9-11(16)14(21-15)18-7-3-6-17/h4-5,8-9H,3,6-7,17H2,1-2H3,(H2,18,19,20,21). The van der Waals surface area contributed by atoms with E-state index < -0.39 is 0 Å². The molecule has 0 fully saturated rings. The molecule has 0 bridgehead atoms. The fourth-order valence-electron chi connectivity index (χ4n) is 1.90. The number of rotatable bonds is 8. The first-order valence-electron chi connectivity index (χ1n) is 7.13. The zero-order valence-electron chi connectivity index (χ0n) is 13.1. The van der Waals surface area contributed by atoms with Crippen molar-refractivity contribution in [2.75, 3.05) is 37.9 Å². The minimum absolute atomic E-state index is 0.428. The highest BCUT2D eigenvalue weighted by atomic mass is 35.5. The summed E-state index contributed by atoms with van der Waals surface area (Å²) >= 11 is 6.08. The van der Waals surface area contributed by atoms with Gasteiger partial charge in [0.25, 0.3) is 0 Å². The summed E-state index contributed by atoms with van der Waals surface area (Å²) in [4.78, 5) is 8.53. The van der Waals surface area contributed by atoms with Crippen LogP contribution in [0.1, 0.15) is 6.42 Å². The van der Waals surface area contributed by atoms with Crippen molar-refractivity contribution in [2.45, 2.75) is 6.42 Å². The van der Waals surface area contributed by atoms with Gasteiger partial charge in [0.1, 0.15) is 10.8 Å². The second-order valence-electron chi connectivity index (χ2n) is 4.65. The lowest BCUT2D eigenvalue weighted by Crippen LogP contribution is -2.10. The maximum Gasteiger partial charge on any atom is 0.229 e. The van der Waals surface area contributed by atoms with E-state index >= 15 is 0 Å². The predicted octanol–water partition coefficient (Wildman–Crippen LogP) is 2.65. The summed E-state index contributed by atoms with van der Waals surface area (Å²) in [6, 6.07) is 5.46. The number of aromatic nitrogens is 2. The van der Waals surface area contributed by atoms with Gasteiger partial charge in [-0.15, -0.1) is 0 Å². The number of nitrogens with zero attached hydrogens (tertiary/aromatic N) is 2. The summed E-state index contributed by atoms with van der Waals surface area (Å²) in [6.45, 7) is 1.30. The van der Waals surface area contributed by atoms with E-state index in [1.165, 1.54) is 0 Å². The van der Waals surface area contributed by atoms with E-state index in [4.69, 9.17) is 26.8 Å². The Morgan fingerprint density at radius 2 is 2.00 bits per heavy atom. The van der Waals surface area contributed by atoms with E-state index in [-0.39, 0.29) is 0 Å². The Labute approximate surface area is 140 Å². The molecule has 23 heavy (non-hydrogen) atoms. The Morgan fingerprint density at radius 1 is 1.22 bits per heavy atom. The average Bonchev–Trinajstić information content (AvgIpc) is 2.57. The monoisotopic (exact) mass is 337 g/mol.